The number of carbonyl (C=O) groups excluding carboxylic acids is 1. The standard InChI is InChI=1S/C12H24.C11H22O.C10H20.C8H13NO.2C8H14.C7H12.C6H10.C5H8.9C2H6/c1-9(2)11-5-7-12(8-6-11)10(3)4;1-8(2)10-5-6-11(9(3)4)12-7-10;1-7(2)9-5-10(6-9)8(3)4;1-9-7-4-2-6(3-5-7)8(9)10;1-2-8-5-3-7(1)4-6-8;1-2-7-4-5-8(3-1)6-7;1-2-7-4-3-6(1)5-7;1-2-6-3-5(1)4-6;1-4-2-5(1)3-4;9*1-2/h9-12H,5-8H2,1-4H3;8-11H,5-7H2,1-4H3;7-10H,5-6H2,1-4H3;6-7H,2-5H2,1H3;2*7-8H,1-6H2;6-7H,1-5H2;5-6H,1-4H2;4-5H,1-3H2;9*1-2H3. The monoisotopic (exact) mass is 1350 g/mol. The predicted molar refractivity (Wildman–Crippen MR) is 440 cm³/mol. The molecule has 0 aromatic rings. The van der Waals surface area contributed by atoms with Crippen LogP contribution in [0.1, 0.15) is 439 Å². The summed E-state index contributed by atoms with van der Waals surface area (Å²) in [6.45, 7) is 65.0. The predicted octanol–water partition coefficient (Wildman–Crippen LogP) is 31.4. The zero-order valence-corrected chi connectivity index (χ0v) is 72.8. The van der Waals surface area contributed by atoms with Crippen molar-refractivity contribution in [1.29, 1.82) is 0 Å². The Bertz CT molecular complexity index is 1420. The number of hydrogen-bond acceptors (Lipinski definition) is 2. The number of amides is 1. The molecule has 0 N–H and O–H groups in total. The van der Waals surface area contributed by atoms with Crippen molar-refractivity contribution in [3.8, 4) is 0 Å². The molecule has 0 aromatic carbocycles. The molecule has 580 valence electrons. The average molecular weight is 1360 g/mol. The molecule has 12 bridgehead atoms. The SMILES string of the molecule is C1C2CC1C2.C1CC2CC1C2.C1CC2CCC(C1)C2.C1CC2CCC1C2.C1CC2CCC1CC2.CC.CC.CC.CC.CC.CC.CC.CC.CC.CC(C)C1CC(C(C)C)C1.CC(C)C1CCC(C(C)C)CC1.CC(C)C1CCC(C(C)C)OC1.CN1C(=O)C2CCC1CC2. The third-order valence-corrected chi connectivity index (χ3v) is 25.5. The second-order valence-corrected chi connectivity index (χ2v) is 33.1. The first kappa shape index (κ1) is 99.6. The molecule has 19 rings (SSSR count). The topological polar surface area (TPSA) is 29.5 Å². The van der Waals surface area contributed by atoms with Gasteiger partial charge in [0.1, 0.15) is 0 Å². The van der Waals surface area contributed by atoms with Crippen molar-refractivity contribution < 1.29 is 9.53 Å². The van der Waals surface area contributed by atoms with Crippen LogP contribution >= 0.6 is 0 Å². The molecule has 16 aliphatic carbocycles. The summed E-state index contributed by atoms with van der Waals surface area (Å²) in [6, 6.07) is 0.581. The number of rotatable bonds is 6. The van der Waals surface area contributed by atoms with Gasteiger partial charge in [-0.25, -0.2) is 0 Å². The van der Waals surface area contributed by atoms with Gasteiger partial charge in [0.25, 0.3) is 0 Å². The van der Waals surface area contributed by atoms with E-state index in [1.54, 1.807) is 148 Å². The number of piperidine rings is 2. The summed E-state index contributed by atoms with van der Waals surface area (Å²) in [5, 5.41) is 0. The van der Waals surface area contributed by atoms with Crippen molar-refractivity contribution in [2.45, 2.75) is 451 Å². The molecule has 0 radical (unpaired) electrons. The van der Waals surface area contributed by atoms with Crippen LogP contribution in [-0.4, -0.2) is 36.6 Å². The Morgan fingerprint density at radius 2 is 0.510 bits per heavy atom. The highest BCUT2D eigenvalue weighted by molar-refractivity contribution is 5.80. The second-order valence-electron chi connectivity index (χ2n) is 33.1. The summed E-state index contributed by atoms with van der Waals surface area (Å²) >= 11 is 0. The molecule has 1 amide bonds. The maximum Gasteiger partial charge on any atom is 0.225 e. The summed E-state index contributed by atoms with van der Waals surface area (Å²) in [7, 11) is 1.94. The minimum atomic E-state index is 0.384. The molecule has 0 spiro atoms. The van der Waals surface area contributed by atoms with Gasteiger partial charge in [0.15, 0.2) is 0 Å². The van der Waals surface area contributed by atoms with E-state index in [1.165, 1.54) is 106 Å². The van der Waals surface area contributed by atoms with E-state index in [4.69, 9.17) is 4.74 Å². The number of hydrogen-bond donors (Lipinski definition) is 0. The van der Waals surface area contributed by atoms with Gasteiger partial charge in [0.2, 0.25) is 5.91 Å². The minimum absolute atomic E-state index is 0.384. The lowest BCUT2D eigenvalue weighted by Gasteiger charge is -2.49. The fraction of sp³-hybridized carbons (Fsp3) is 0.989. The second kappa shape index (κ2) is 61.9. The Kier molecular flexibility index (Phi) is 64.2. The lowest BCUT2D eigenvalue weighted by Crippen LogP contribution is -2.49. The van der Waals surface area contributed by atoms with Crippen molar-refractivity contribution in [2.75, 3.05) is 13.7 Å². The van der Waals surface area contributed by atoms with Crippen molar-refractivity contribution >= 4 is 5.91 Å². The average Bonchev–Trinajstić information content (AvgIpc) is 1.29. The fourth-order valence-corrected chi connectivity index (χ4v) is 18.2. The first-order valence-electron chi connectivity index (χ1n) is 45.2. The summed E-state index contributed by atoms with van der Waals surface area (Å²) in [5.74, 6) is 22.7. The van der Waals surface area contributed by atoms with E-state index in [0.717, 1.165) is 102 Å². The first-order valence-corrected chi connectivity index (χ1v) is 45.2. The summed E-state index contributed by atoms with van der Waals surface area (Å²) in [4.78, 5) is 13.3. The van der Waals surface area contributed by atoms with Gasteiger partial charge < -0.3 is 9.64 Å². The Balaban J connectivity index is -0.000000989. The zero-order valence-electron chi connectivity index (χ0n) is 72.8. The third kappa shape index (κ3) is 39.3. The molecule has 19 fully saturated rings. The van der Waals surface area contributed by atoms with E-state index in [-0.39, 0.29) is 0 Å². The van der Waals surface area contributed by atoms with Gasteiger partial charge in [-0.3, -0.25) is 4.79 Å². The molecule has 16 saturated carbocycles. The van der Waals surface area contributed by atoms with Crippen molar-refractivity contribution in [3.05, 3.63) is 0 Å². The lowest BCUT2D eigenvalue weighted by atomic mass is 9.56. The molecular weight excluding hydrogens is 1160 g/mol. The smallest absolute Gasteiger partial charge is 0.225 e. The van der Waals surface area contributed by atoms with E-state index in [0.29, 0.717) is 29.9 Å². The van der Waals surface area contributed by atoms with Crippen LogP contribution in [0.25, 0.3) is 0 Å². The lowest BCUT2D eigenvalue weighted by molar-refractivity contribution is -0.144. The van der Waals surface area contributed by atoms with E-state index in [2.05, 4.69) is 83.1 Å². The third-order valence-electron chi connectivity index (χ3n) is 25.5. The van der Waals surface area contributed by atoms with Crippen molar-refractivity contribution in [2.24, 2.45) is 130 Å². The fourth-order valence-electron chi connectivity index (χ4n) is 18.2. The molecular formula is C93H191NO2. The normalized spacial score (nSPS) is 33.2. The highest BCUT2D eigenvalue weighted by Gasteiger charge is 2.41. The molecule has 3 nitrogen and oxygen atoms in total. The highest BCUT2D eigenvalue weighted by atomic mass is 16.5. The summed E-state index contributed by atoms with van der Waals surface area (Å²) in [6.07, 6.45) is 54.4. The molecule has 3 aliphatic heterocycles. The van der Waals surface area contributed by atoms with E-state index < -0.39 is 0 Å². The van der Waals surface area contributed by atoms with Gasteiger partial charge in [0, 0.05) is 19.0 Å². The van der Waals surface area contributed by atoms with Gasteiger partial charge in [0.05, 0.1) is 12.7 Å². The molecule has 0 aromatic heterocycles. The van der Waals surface area contributed by atoms with Crippen molar-refractivity contribution in [3.63, 3.8) is 0 Å². The van der Waals surface area contributed by atoms with Gasteiger partial charge in [-0.05, 0) is 246 Å². The van der Waals surface area contributed by atoms with E-state index in [9.17, 15) is 4.79 Å². The minimum Gasteiger partial charge on any atom is -0.378 e. The number of carbonyl (C=O) groups is 1. The van der Waals surface area contributed by atoms with E-state index >= 15 is 0 Å². The quantitative estimate of drug-likeness (QED) is 0.265. The highest BCUT2D eigenvalue weighted by Crippen LogP contribution is 2.53. The van der Waals surface area contributed by atoms with Crippen LogP contribution in [0, 0.1) is 130 Å². The van der Waals surface area contributed by atoms with Gasteiger partial charge in [-0.15, -0.1) is 0 Å². The first-order chi connectivity index (χ1) is 46.4. The molecule has 4 atom stereocenters. The van der Waals surface area contributed by atoms with Crippen LogP contribution in [0.5, 0.6) is 0 Å². The summed E-state index contributed by atoms with van der Waals surface area (Å²) < 4.78 is 5.81. The maximum atomic E-state index is 11.3. The van der Waals surface area contributed by atoms with Gasteiger partial charge in [-0.2, -0.15) is 0 Å². The maximum absolute atomic E-state index is 11.3. The molecule has 3 heterocycles. The van der Waals surface area contributed by atoms with E-state index in [1.807, 2.05) is 137 Å². The van der Waals surface area contributed by atoms with Crippen LogP contribution in [0.15, 0.2) is 0 Å². The zero-order chi connectivity index (χ0) is 73.9. The number of nitrogens with zero attached hydrogens (tertiary/aromatic N) is 1. The Labute approximate surface area is 611 Å². The Morgan fingerprint density at radius 1 is 0.260 bits per heavy atom. The Morgan fingerprint density at radius 3 is 0.688 bits per heavy atom. The van der Waals surface area contributed by atoms with Gasteiger partial charge in [-0.1, -0.05) is 317 Å². The summed E-state index contributed by atoms with van der Waals surface area (Å²) in [5.41, 5.74) is 0. The Hall–Kier alpha value is -0.570. The number of ether oxygens (including phenoxy) is 1. The van der Waals surface area contributed by atoms with Gasteiger partial charge >= 0.3 is 0 Å². The molecule has 19 aliphatic rings. The van der Waals surface area contributed by atoms with Crippen molar-refractivity contribution in [1.82, 2.24) is 4.90 Å². The molecule has 3 saturated heterocycles. The van der Waals surface area contributed by atoms with Crippen LogP contribution in [0.3, 0.4) is 0 Å². The number of fused-ring (bicyclic) bond motifs is 11. The molecule has 96 heavy (non-hydrogen) atoms. The van der Waals surface area contributed by atoms with Crippen LogP contribution in [-0.2, 0) is 9.53 Å². The van der Waals surface area contributed by atoms with Crippen LogP contribution in [0.4, 0.5) is 0 Å². The molecule has 4 unspecified atom stereocenters. The van der Waals surface area contributed by atoms with Crippen LogP contribution in [0.2, 0.25) is 0 Å². The van der Waals surface area contributed by atoms with Crippen LogP contribution < -0.4 is 0 Å². The largest absolute Gasteiger partial charge is 0.378 e. The molecule has 3 heteroatoms.